The van der Waals surface area contributed by atoms with Gasteiger partial charge in [0.1, 0.15) is 13.2 Å². The van der Waals surface area contributed by atoms with Gasteiger partial charge in [0, 0.05) is 16.6 Å². The fourth-order valence-corrected chi connectivity index (χ4v) is 2.61. The van der Waals surface area contributed by atoms with Crippen LogP contribution >= 0.6 is 11.6 Å². The van der Waals surface area contributed by atoms with Crippen molar-refractivity contribution >= 4 is 29.1 Å². The molecule has 2 N–H and O–H groups in total. The molecule has 21 heavy (non-hydrogen) atoms. The first-order chi connectivity index (χ1) is 10.1. The zero-order valence-electron chi connectivity index (χ0n) is 11.8. The van der Waals surface area contributed by atoms with E-state index < -0.39 is 0 Å². The number of benzene rings is 1. The predicted molar refractivity (Wildman–Crippen MR) is 79.9 cm³/mol. The van der Waals surface area contributed by atoms with Crippen molar-refractivity contribution in [3.8, 4) is 0 Å². The van der Waals surface area contributed by atoms with Crippen LogP contribution in [0.1, 0.15) is 12.8 Å². The summed E-state index contributed by atoms with van der Waals surface area (Å²) in [6.45, 7) is 1.95. The second-order valence-electron chi connectivity index (χ2n) is 5.70. The van der Waals surface area contributed by atoms with Crippen LogP contribution in [-0.4, -0.2) is 43.0 Å². The SMILES string of the molecule is O=C(C[NH2+]CC1CC1)N1CC(=O)N(c2ccc(Cl)cc2)C1. The van der Waals surface area contributed by atoms with Crippen molar-refractivity contribution in [1.82, 2.24) is 4.90 Å². The molecule has 0 aromatic heterocycles. The van der Waals surface area contributed by atoms with Crippen molar-refractivity contribution < 1.29 is 14.9 Å². The molecule has 0 radical (unpaired) electrons. The number of nitrogens with zero attached hydrogens (tertiary/aromatic N) is 2. The Morgan fingerprint density at radius 3 is 2.67 bits per heavy atom. The van der Waals surface area contributed by atoms with Crippen molar-refractivity contribution in [3.05, 3.63) is 29.3 Å². The highest BCUT2D eigenvalue weighted by atomic mass is 35.5. The Kier molecular flexibility index (Phi) is 4.12. The minimum Gasteiger partial charge on any atom is -0.338 e. The molecule has 2 aliphatic rings. The molecule has 6 heteroatoms. The van der Waals surface area contributed by atoms with E-state index >= 15 is 0 Å². The number of halogens is 1. The number of anilines is 1. The third kappa shape index (κ3) is 3.54. The third-order valence-electron chi connectivity index (χ3n) is 3.95. The van der Waals surface area contributed by atoms with Crippen LogP contribution in [0.5, 0.6) is 0 Å². The van der Waals surface area contributed by atoms with Gasteiger partial charge in [-0.2, -0.15) is 0 Å². The number of rotatable bonds is 5. The first kappa shape index (κ1) is 14.4. The van der Waals surface area contributed by atoms with Crippen LogP contribution in [0, 0.1) is 5.92 Å². The second kappa shape index (κ2) is 6.03. The van der Waals surface area contributed by atoms with E-state index in [1.165, 1.54) is 12.8 Å². The van der Waals surface area contributed by atoms with Crippen molar-refractivity contribution in [1.29, 1.82) is 0 Å². The van der Waals surface area contributed by atoms with E-state index in [-0.39, 0.29) is 18.4 Å². The van der Waals surface area contributed by atoms with Crippen LogP contribution in [0.2, 0.25) is 5.02 Å². The first-order valence-electron chi connectivity index (χ1n) is 7.29. The molecule has 5 nitrogen and oxygen atoms in total. The van der Waals surface area contributed by atoms with E-state index in [4.69, 9.17) is 11.6 Å². The summed E-state index contributed by atoms with van der Waals surface area (Å²) in [5, 5.41) is 2.68. The molecule has 3 rings (SSSR count). The molecule has 0 spiro atoms. The van der Waals surface area contributed by atoms with Crippen LogP contribution < -0.4 is 10.2 Å². The zero-order chi connectivity index (χ0) is 14.8. The van der Waals surface area contributed by atoms with Gasteiger partial charge >= 0.3 is 0 Å². The molecule has 0 unspecified atom stereocenters. The lowest BCUT2D eigenvalue weighted by molar-refractivity contribution is -0.647. The van der Waals surface area contributed by atoms with E-state index in [0.717, 1.165) is 18.2 Å². The topological polar surface area (TPSA) is 57.2 Å². The van der Waals surface area contributed by atoms with E-state index in [2.05, 4.69) is 5.32 Å². The van der Waals surface area contributed by atoms with Gasteiger partial charge in [-0.25, -0.2) is 0 Å². The maximum Gasteiger partial charge on any atom is 0.279 e. The van der Waals surface area contributed by atoms with Gasteiger partial charge in [0.15, 0.2) is 6.54 Å². The van der Waals surface area contributed by atoms with Gasteiger partial charge in [-0.15, -0.1) is 0 Å². The maximum absolute atomic E-state index is 12.1. The average Bonchev–Trinajstić information content (AvgIpc) is 3.21. The van der Waals surface area contributed by atoms with Crippen LogP contribution in [0.15, 0.2) is 24.3 Å². The van der Waals surface area contributed by atoms with E-state index in [9.17, 15) is 9.59 Å². The lowest BCUT2D eigenvalue weighted by Gasteiger charge is -2.17. The fraction of sp³-hybridized carbons (Fsp3) is 0.467. The fourth-order valence-electron chi connectivity index (χ4n) is 2.49. The second-order valence-corrected chi connectivity index (χ2v) is 6.14. The Labute approximate surface area is 128 Å². The van der Waals surface area contributed by atoms with Gasteiger partial charge in [0.05, 0.1) is 6.54 Å². The Bertz CT molecular complexity index is 542. The van der Waals surface area contributed by atoms with Crippen LogP contribution in [0.3, 0.4) is 0 Å². The lowest BCUT2D eigenvalue weighted by atomic mass is 10.3. The van der Waals surface area contributed by atoms with Gasteiger partial charge in [0.2, 0.25) is 5.91 Å². The number of quaternary nitrogens is 1. The number of hydrogen-bond acceptors (Lipinski definition) is 2. The monoisotopic (exact) mass is 308 g/mol. The van der Waals surface area contributed by atoms with Crippen molar-refractivity contribution in [2.45, 2.75) is 12.8 Å². The van der Waals surface area contributed by atoms with Crippen molar-refractivity contribution in [2.75, 3.05) is 31.2 Å². The number of carbonyl (C=O) groups is 2. The van der Waals surface area contributed by atoms with Crippen molar-refractivity contribution in [2.24, 2.45) is 5.92 Å². The molecule has 1 aromatic carbocycles. The molecular formula is C15H19ClN3O2+. The summed E-state index contributed by atoms with van der Waals surface area (Å²) in [5.74, 6) is 0.775. The molecule has 1 aliphatic carbocycles. The molecule has 0 atom stereocenters. The molecule has 2 fully saturated rings. The van der Waals surface area contributed by atoms with Crippen LogP contribution in [0.25, 0.3) is 0 Å². The molecule has 1 saturated carbocycles. The smallest absolute Gasteiger partial charge is 0.279 e. The summed E-state index contributed by atoms with van der Waals surface area (Å²) in [6.07, 6.45) is 2.58. The van der Waals surface area contributed by atoms with Gasteiger partial charge in [-0.05, 0) is 37.1 Å². The summed E-state index contributed by atoms with van der Waals surface area (Å²) < 4.78 is 0. The lowest BCUT2D eigenvalue weighted by Crippen LogP contribution is -2.87. The van der Waals surface area contributed by atoms with Crippen LogP contribution in [0.4, 0.5) is 5.69 Å². The average molecular weight is 309 g/mol. The number of carbonyl (C=O) groups excluding carboxylic acids is 2. The molecule has 1 heterocycles. The minimum atomic E-state index is -0.0483. The molecule has 2 amide bonds. The van der Waals surface area contributed by atoms with E-state index in [0.29, 0.717) is 18.2 Å². The Balaban J connectivity index is 1.55. The summed E-state index contributed by atoms with van der Waals surface area (Å²) >= 11 is 5.85. The summed E-state index contributed by atoms with van der Waals surface area (Å²) in [7, 11) is 0. The molecular weight excluding hydrogens is 290 g/mol. The highest BCUT2D eigenvalue weighted by molar-refractivity contribution is 6.30. The third-order valence-corrected chi connectivity index (χ3v) is 4.20. The number of nitrogens with two attached hydrogens (primary N) is 1. The minimum absolute atomic E-state index is 0.0282. The summed E-state index contributed by atoms with van der Waals surface area (Å²) in [4.78, 5) is 27.4. The normalized spacial score (nSPS) is 18.4. The molecule has 1 aliphatic heterocycles. The zero-order valence-corrected chi connectivity index (χ0v) is 12.6. The van der Waals surface area contributed by atoms with E-state index in [1.54, 1.807) is 34.1 Å². The number of hydrogen-bond donors (Lipinski definition) is 1. The summed E-state index contributed by atoms with van der Waals surface area (Å²) in [5.41, 5.74) is 0.779. The van der Waals surface area contributed by atoms with Gasteiger partial charge in [-0.3, -0.25) is 14.5 Å². The Morgan fingerprint density at radius 2 is 2.00 bits per heavy atom. The molecule has 1 saturated heterocycles. The standard InChI is InChI=1S/C15H18ClN3O2/c16-12-3-5-13(6-4-12)19-10-18(9-15(19)21)14(20)8-17-7-11-1-2-11/h3-6,11,17H,1-2,7-10H2/p+1. The van der Waals surface area contributed by atoms with Gasteiger partial charge in [0.25, 0.3) is 5.91 Å². The first-order valence-corrected chi connectivity index (χ1v) is 7.66. The maximum atomic E-state index is 12.1. The molecule has 0 bridgehead atoms. The Hall–Kier alpha value is -1.59. The van der Waals surface area contributed by atoms with Crippen LogP contribution in [-0.2, 0) is 9.59 Å². The van der Waals surface area contributed by atoms with Crippen molar-refractivity contribution in [3.63, 3.8) is 0 Å². The largest absolute Gasteiger partial charge is 0.338 e. The highest BCUT2D eigenvalue weighted by Gasteiger charge is 2.32. The molecule has 112 valence electrons. The Morgan fingerprint density at radius 1 is 1.29 bits per heavy atom. The highest BCUT2D eigenvalue weighted by Crippen LogP contribution is 2.26. The van der Waals surface area contributed by atoms with Gasteiger partial charge < -0.3 is 10.2 Å². The molecule has 1 aromatic rings. The quantitative estimate of drug-likeness (QED) is 0.858. The predicted octanol–water partition coefficient (Wildman–Crippen LogP) is 0.446. The van der Waals surface area contributed by atoms with E-state index in [1.807, 2.05) is 0 Å². The summed E-state index contributed by atoms with van der Waals surface area (Å²) in [6, 6.07) is 7.09. The van der Waals surface area contributed by atoms with Gasteiger partial charge in [-0.1, -0.05) is 11.6 Å². The number of amides is 2.